The van der Waals surface area contributed by atoms with E-state index in [1.54, 1.807) is 0 Å². The van der Waals surface area contributed by atoms with Crippen LogP contribution in [0.25, 0.3) is 0 Å². The first-order valence-electron chi connectivity index (χ1n) is 6.70. The molecule has 0 aromatic heterocycles. The van der Waals surface area contributed by atoms with Gasteiger partial charge in [-0.1, -0.05) is 0 Å². The Hall–Kier alpha value is -1.59. The Morgan fingerprint density at radius 3 is 0.760 bits per heavy atom. The van der Waals surface area contributed by atoms with E-state index in [-0.39, 0.29) is 46.7 Å². The number of carboxylic acids is 4. The first kappa shape index (κ1) is 23.4. The molecule has 0 amide bonds. The van der Waals surface area contributed by atoms with Crippen LogP contribution in [0.3, 0.4) is 0 Å². The van der Waals surface area contributed by atoms with Crippen molar-refractivity contribution >= 4 is 23.9 Å². The smallest absolute Gasteiger partial charge is 0.549 e. The van der Waals surface area contributed by atoms with E-state index in [9.17, 15) is 39.6 Å². The topological polar surface area (TPSA) is 265 Å². The molecule has 0 heterocycles. The van der Waals surface area contributed by atoms with Crippen LogP contribution >= 0.6 is 0 Å². The van der Waals surface area contributed by atoms with Crippen LogP contribution in [0.5, 0.6) is 0 Å². The zero-order chi connectivity index (χ0) is 19.1. The van der Waals surface area contributed by atoms with E-state index in [0.717, 1.165) is 0 Å². The summed E-state index contributed by atoms with van der Waals surface area (Å²) in [7, 11) is 0. The molecule has 0 aromatic rings. The Bertz CT molecular complexity index is 526. The molecular formula is C12H16N4O8Pt. The molecule has 2 aliphatic rings. The predicted octanol–water partition coefficient (Wildman–Crippen LogP) is -8.24. The van der Waals surface area contributed by atoms with Crippen molar-refractivity contribution in [3.63, 3.8) is 0 Å². The van der Waals surface area contributed by atoms with E-state index in [1.165, 1.54) is 0 Å². The third-order valence-corrected chi connectivity index (χ3v) is 4.81. The maximum atomic E-state index is 10.5. The van der Waals surface area contributed by atoms with Crippen LogP contribution in [-0.2, 0) is 40.2 Å². The van der Waals surface area contributed by atoms with Crippen molar-refractivity contribution in [2.24, 2.45) is 33.8 Å². The molecule has 2 saturated carbocycles. The molecule has 12 nitrogen and oxygen atoms in total. The number of carbonyl (C=O) groups is 4. The fraction of sp³-hybridized carbons (Fsp3) is 0.667. The Labute approximate surface area is 155 Å². The summed E-state index contributed by atoms with van der Waals surface area (Å²) in [6.45, 7) is 0. The van der Waals surface area contributed by atoms with Crippen molar-refractivity contribution in [3.05, 3.63) is 0 Å². The summed E-state index contributed by atoms with van der Waals surface area (Å²) in [6, 6.07) is 0. The number of carbonyl (C=O) groups excluding carboxylic acids is 4. The van der Waals surface area contributed by atoms with Crippen LogP contribution in [0.2, 0.25) is 0 Å². The molecule has 2 rings (SSSR count). The maximum Gasteiger partial charge on any atom is 4.00 e. The summed E-state index contributed by atoms with van der Waals surface area (Å²) < 4.78 is 0. The molecule has 0 bridgehead atoms. The molecular weight excluding hydrogens is 523 g/mol. The Morgan fingerprint density at radius 1 is 0.560 bits per heavy atom. The number of hydrogen-bond donors (Lipinski definition) is 4. The maximum absolute atomic E-state index is 10.5. The predicted molar refractivity (Wildman–Crippen MR) is 65.6 cm³/mol. The van der Waals surface area contributed by atoms with Crippen LogP contribution in [0.4, 0.5) is 0 Å². The van der Waals surface area contributed by atoms with Crippen molar-refractivity contribution in [3.8, 4) is 0 Å². The fourth-order valence-corrected chi connectivity index (χ4v) is 2.66. The molecule has 0 atom stereocenters. The first-order chi connectivity index (χ1) is 10.7. The van der Waals surface area contributed by atoms with E-state index in [4.69, 9.17) is 22.9 Å². The third-order valence-electron chi connectivity index (χ3n) is 4.81. The zero-order valence-electron chi connectivity index (χ0n) is 12.7. The molecule has 0 radical (unpaired) electrons. The van der Waals surface area contributed by atoms with Crippen molar-refractivity contribution in [1.82, 2.24) is 0 Å². The van der Waals surface area contributed by atoms with Gasteiger partial charge in [-0.15, -0.1) is 0 Å². The number of nitrogens with two attached hydrogens (primary N) is 4. The van der Waals surface area contributed by atoms with E-state index in [1.807, 2.05) is 0 Å². The van der Waals surface area contributed by atoms with Crippen molar-refractivity contribution in [2.75, 3.05) is 0 Å². The van der Waals surface area contributed by atoms with Crippen LogP contribution in [0.1, 0.15) is 25.7 Å². The minimum Gasteiger partial charge on any atom is -0.549 e. The van der Waals surface area contributed by atoms with Gasteiger partial charge in [-0.05, 0) is 25.7 Å². The average molecular weight is 539 g/mol. The molecule has 8 N–H and O–H groups in total. The number of carboxylic acid groups (broad SMARTS) is 4. The van der Waals surface area contributed by atoms with E-state index < -0.39 is 46.0 Å². The normalized spacial score (nSPS) is 23.2. The molecule has 2 aliphatic carbocycles. The summed E-state index contributed by atoms with van der Waals surface area (Å²) in [5.74, 6) is -7.12. The second-order valence-electron chi connectivity index (χ2n) is 6.04. The van der Waals surface area contributed by atoms with Gasteiger partial charge in [0.2, 0.25) is 0 Å². The number of aliphatic carboxylic acids is 4. The Morgan fingerprint density at radius 2 is 0.760 bits per heavy atom. The second-order valence-corrected chi connectivity index (χ2v) is 6.04. The minimum absolute atomic E-state index is 0. The molecule has 0 unspecified atom stereocenters. The standard InChI is InChI=1S/2C6H10N2O4.Pt/c2*7-6(8)2-1-5(6,3(9)10)4(11)12;/h2*1-2,7-8H2,(H,9,10)(H,11,12);/q;;+4/p-4. The molecule has 0 aliphatic heterocycles. The second kappa shape index (κ2) is 6.96. The summed E-state index contributed by atoms with van der Waals surface area (Å²) >= 11 is 0. The van der Waals surface area contributed by atoms with Gasteiger partial charge in [0.15, 0.2) is 0 Å². The molecule has 0 aromatic carbocycles. The quantitative estimate of drug-likeness (QED) is 0.192. The van der Waals surface area contributed by atoms with Gasteiger partial charge in [0.25, 0.3) is 0 Å². The van der Waals surface area contributed by atoms with Crippen molar-refractivity contribution < 1.29 is 60.7 Å². The number of rotatable bonds is 4. The third kappa shape index (κ3) is 3.15. The molecule has 13 heteroatoms. The summed E-state index contributed by atoms with van der Waals surface area (Å²) in [4.78, 5) is 41.9. The largest absolute Gasteiger partial charge is 4.00 e. The van der Waals surface area contributed by atoms with Gasteiger partial charge in [-0.2, -0.15) is 0 Å². The monoisotopic (exact) mass is 539 g/mol. The first-order valence-corrected chi connectivity index (χ1v) is 6.70. The van der Waals surface area contributed by atoms with Gasteiger partial charge in [0.05, 0.1) is 46.0 Å². The average Bonchev–Trinajstić information content (AvgIpc) is 2.35. The SMILES string of the molecule is NC1(N)CCC1(C(=O)[O-])C(=O)[O-].NC1(N)CCC1(C(=O)[O-])C(=O)[O-].[Pt+4]. The minimum atomic E-state index is -2.22. The summed E-state index contributed by atoms with van der Waals surface area (Å²) in [5.41, 5.74) is 13.0. The fourth-order valence-electron chi connectivity index (χ4n) is 2.66. The van der Waals surface area contributed by atoms with Gasteiger partial charge < -0.3 is 62.5 Å². The zero-order valence-corrected chi connectivity index (χ0v) is 15.0. The van der Waals surface area contributed by atoms with Gasteiger partial charge in [-0.25, -0.2) is 0 Å². The Kier molecular flexibility index (Phi) is 6.52. The molecule has 142 valence electrons. The van der Waals surface area contributed by atoms with Crippen LogP contribution in [-0.4, -0.2) is 35.2 Å². The van der Waals surface area contributed by atoms with Gasteiger partial charge in [0, 0.05) is 0 Å². The number of hydrogen-bond acceptors (Lipinski definition) is 12. The van der Waals surface area contributed by atoms with Gasteiger partial charge in [-0.3, -0.25) is 0 Å². The van der Waals surface area contributed by atoms with E-state index in [0.29, 0.717) is 0 Å². The summed E-state index contributed by atoms with van der Waals surface area (Å²) in [5, 5.41) is 41.9. The van der Waals surface area contributed by atoms with Crippen LogP contribution in [0, 0.1) is 10.8 Å². The molecule has 2 fully saturated rings. The van der Waals surface area contributed by atoms with E-state index in [2.05, 4.69) is 0 Å². The molecule has 25 heavy (non-hydrogen) atoms. The van der Waals surface area contributed by atoms with Gasteiger partial charge in [0.1, 0.15) is 0 Å². The molecule has 0 spiro atoms. The Balaban J connectivity index is 0.000000443. The van der Waals surface area contributed by atoms with Gasteiger partial charge >= 0.3 is 21.1 Å². The molecule has 0 saturated heterocycles. The van der Waals surface area contributed by atoms with Crippen LogP contribution < -0.4 is 43.4 Å². The van der Waals surface area contributed by atoms with Crippen molar-refractivity contribution in [2.45, 2.75) is 37.0 Å². The van der Waals surface area contributed by atoms with E-state index >= 15 is 0 Å². The van der Waals surface area contributed by atoms with Crippen LogP contribution in [0.15, 0.2) is 0 Å². The summed E-state index contributed by atoms with van der Waals surface area (Å²) in [6.07, 6.45) is -0.000741. The van der Waals surface area contributed by atoms with Crippen molar-refractivity contribution in [1.29, 1.82) is 0 Å².